The molecule has 1 aliphatic heterocycles. The summed E-state index contributed by atoms with van der Waals surface area (Å²) in [6, 6.07) is 6.05. The first-order valence-electron chi connectivity index (χ1n) is 8.25. The zero-order chi connectivity index (χ0) is 18.0. The fourth-order valence-corrected chi connectivity index (χ4v) is 5.02. The maximum absolute atomic E-state index is 12.5. The largest absolute Gasteiger partial charge is 0.298 e. The number of hydrogen-bond donors (Lipinski definition) is 1. The summed E-state index contributed by atoms with van der Waals surface area (Å²) in [6.07, 6.45) is 1.79. The summed E-state index contributed by atoms with van der Waals surface area (Å²) in [4.78, 5) is 16.9. The molecule has 1 aromatic carbocycles. The van der Waals surface area contributed by atoms with Crippen molar-refractivity contribution >= 4 is 32.4 Å². The van der Waals surface area contributed by atoms with E-state index >= 15 is 0 Å². The van der Waals surface area contributed by atoms with Crippen molar-refractivity contribution in [1.29, 1.82) is 0 Å². The third-order valence-electron chi connectivity index (χ3n) is 4.15. The number of thiazole rings is 1. The topological polar surface area (TPSA) is 79.4 Å². The lowest BCUT2D eigenvalue weighted by atomic mass is 10.2. The van der Waals surface area contributed by atoms with Crippen molar-refractivity contribution in [3.8, 4) is 0 Å². The molecule has 0 spiro atoms. The van der Waals surface area contributed by atoms with Crippen molar-refractivity contribution in [3.05, 3.63) is 40.9 Å². The summed E-state index contributed by atoms with van der Waals surface area (Å²) in [6.45, 7) is 5.21. The van der Waals surface area contributed by atoms with Gasteiger partial charge in [-0.05, 0) is 43.0 Å². The van der Waals surface area contributed by atoms with E-state index in [0.717, 1.165) is 18.5 Å². The first-order valence-corrected chi connectivity index (χ1v) is 10.6. The average molecular weight is 380 g/mol. The molecule has 134 valence electrons. The maximum atomic E-state index is 12.5. The third-order valence-corrected chi connectivity index (χ3v) is 6.84. The van der Waals surface area contributed by atoms with E-state index in [2.05, 4.69) is 10.3 Å². The van der Waals surface area contributed by atoms with Gasteiger partial charge in [-0.3, -0.25) is 10.1 Å². The van der Waals surface area contributed by atoms with Crippen molar-refractivity contribution in [2.45, 2.75) is 37.5 Å². The van der Waals surface area contributed by atoms with Gasteiger partial charge in [0, 0.05) is 24.0 Å². The normalized spacial score (nSPS) is 15.6. The molecule has 1 aromatic heterocycles. The van der Waals surface area contributed by atoms with Crippen LogP contribution in [0.5, 0.6) is 0 Å². The molecule has 2 heterocycles. The quantitative estimate of drug-likeness (QED) is 0.864. The second-order valence-electron chi connectivity index (χ2n) is 6.32. The Labute approximate surface area is 151 Å². The van der Waals surface area contributed by atoms with E-state index < -0.39 is 10.0 Å². The fraction of sp³-hybridized carbons (Fsp3) is 0.412. The van der Waals surface area contributed by atoms with Gasteiger partial charge in [0.1, 0.15) is 0 Å². The highest BCUT2D eigenvalue weighted by Gasteiger charge is 2.27. The van der Waals surface area contributed by atoms with Crippen LogP contribution < -0.4 is 5.32 Å². The van der Waals surface area contributed by atoms with E-state index in [1.807, 2.05) is 19.2 Å². The Morgan fingerprint density at radius 2 is 1.84 bits per heavy atom. The molecule has 0 aliphatic carbocycles. The zero-order valence-electron chi connectivity index (χ0n) is 14.2. The number of sulfonamides is 1. The summed E-state index contributed by atoms with van der Waals surface area (Å²) in [5, 5.41) is 5.22. The number of anilines is 1. The van der Waals surface area contributed by atoms with Gasteiger partial charge in [0.05, 0.1) is 10.6 Å². The highest BCUT2D eigenvalue weighted by atomic mass is 32.2. The highest BCUT2D eigenvalue weighted by molar-refractivity contribution is 7.89. The Morgan fingerprint density at radius 3 is 2.40 bits per heavy atom. The molecule has 0 bridgehead atoms. The molecule has 0 unspecified atom stereocenters. The smallest absolute Gasteiger partial charge is 0.257 e. The number of aromatic nitrogens is 1. The number of nitrogens with zero attached hydrogens (tertiary/aromatic N) is 2. The molecule has 25 heavy (non-hydrogen) atoms. The van der Waals surface area contributed by atoms with Crippen LogP contribution in [0.2, 0.25) is 0 Å². The van der Waals surface area contributed by atoms with Gasteiger partial charge in [-0.15, -0.1) is 11.3 Å². The predicted molar refractivity (Wildman–Crippen MR) is 98.6 cm³/mol. The van der Waals surface area contributed by atoms with Crippen LogP contribution in [0.3, 0.4) is 0 Å². The van der Waals surface area contributed by atoms with Crippen molar-refractivity contribution < 1.29 is 13.2 Å². The summed E-state index contributed by atoms with van der Waals surface area (Å²) < 4.78 is 26.5. The van der Waals surface area contributed by atoms with E-state index in [0.29, 0.717) is 29.7 Å². The maximum Gasteiger partial charge on any atom is 0.257 e. The molecule has 0 saturated carbocycles. The van der Waals surface area contributed by atoms with Gasteiger partial charge in [0.25, 0.3) is 5.91 Å². The van der Waals surface area contributed by atoms with E-state index in [4.69, 9.17) is 0 Å². The molecule has 1 aliphatic rings. The van der Waals surface area contributed by atoms with Crippen molar-refractivity contribution in [2.75, 3.05) is 18.4 Å². The number of carbonyl (C=O) groups is 1. The minimum atomic E-state index is -3.45. The van der Waals surface area contributed by atoms with Crippen LogP contribution in [0, 0.1) is 0 Å². The van der Waals surface area contributed by atoms with Gasteiger partial charge >= 0.3 is 0 Å². The van der Waals surface area contributed by atoms with E-state index in [-0.39, 0.29) is 10.8 Å². The number of rotatable bonds is 5. The van der Waals surface area contributed by atoms with Crippen molar-refractivity contribution in [1.82, 2.24) is 9.29 Å². The van der Waals surface area contributed by atoms with Crippen molar-refractivity contribution in [3.63, 3.8) is 0 Å². The van der Waals surface area contributed by atoms with Crippen LogP contribution in [0.1, 0.15) is 48.7 Å². The Balaban J connectivity index is 1.72. The summed E-state index contributed by atoms with van der Waals surface area (Å²) in [5.41, 5.74) is 1.34. The summed E-state index contributed by atoms with van der Waals surface area (Å²) in [7, 11) is -3.45. The number of benzene rings is 1. The van der Waals surface area contributed by atoms with Gasteiger partial charge in [-0.2, -0.15) is 4.31 Å². The zero-order valence-corrected chi connectivity index (χ0v) is 15.9. The predicted octanol–water partition coefficient (Wildman–Crippen LogP) is 3.30. The monoisotopic (exact) mass is 379 g/mol. The second kappa shape index (κ2) is 7.23. The van der Waals surface area contributed by atoms with Crippen LogP contribution in [-0.2, 0) is 10.0 Å². The van der Waals surface area contributed by atoms with Crippen LogP contribution in [-0.4, -0.2) is 36.7 Å². The lowest BCUT2D eigenvalue weighted by Crippen LogP contribution is -2.27. The first-order chi connectivity index (χ1) is 11.9. The lowest BCUT2D eigenvalue weighted by molar-refractivity contribution is 0.102. The molecule has 1 saturated heterocycles. The number of hydrogen-bond acceptors (Lipinski definition) is 5. The van der Waals surface area contributed by atoms with Gasteiger partial charge in [-0.25, -0.2) is 13.4 Å². The lowest BCUT2D eigenvalue weighted by Gasteiger charge is -2.15. The van der Waals surface area contributed by atoms with E-state index in [1.54, 1.807) is 0 Å². The Hall–Kier alpha value is -1.77. The van der Waals surface area contributed by atoms with Gasteiger partial charge in [0.15, 0.2) is 5.13 Å². The molecule has 8 heteroatoms. The standard InChI is InChI=1S/C17H21N3O3S2/c1-12(2)15-11-24-17(18-15)19-16(21)13-5-7-14(8-6-13)25(22,23)20-9-3-4-10-20/h5-8,11-12H,3-4,9-10H2,1-2H3,(H,18,19,21). The third kappa shape index (κ3) is 3.91. The minimum absolute atomic E-state index is 0.224. The minimum Gasteiger partial charge on any atom is -0.298 e. The Bertz CT molecular complexity index is 852. The second-order valence-corrected chi connectivity index (χ2v) is 9.12. The number of nitrogens with one attached hydrogen (secondary N) is 1. The van der Waals surface area contributed by atoms with Gasteiger partial charge in [0.2, 0.25) is 10.0 Å². The highest BCUT2D eigenvalue weighted by Crippen LogP contribution is 2.23. The Kier molecular flexibility index (Phi) is 5.21. The molecule has 2 aromatic rings. The molecule has 6 nitrogen and oxygen atoms in total. The Morgan fingerprint density at radius 1 is 1.20 bits per heavy atom. The first kappa shape index (κ1) is 18.0. The van der Waals surface area contributed by atoms with Crippen LogP contribution in [0.25, 0.3) is 0 Å². The SMILES string of the molecule is CC(C)c1csc(NC(=O)c2ccc(S(=O)(=O)N3CCCC3)cc2)n1. The van der Waals surface area contributed by atoms with Gasteiger partial charge < -0.3 is 0 Å². The molecule has 1 fully saturated rings. The average Bonchev–Trinajstić information content (AvgIpc) is 3.27. The van der Waals surface area contributed by atoms with E-state index in [9.17, 15) is 13.2 Å². The number of carbonyl (C=O) groups excluding carboxylic acids is 1. The molecule has 1 amide bonds. The molecule has 0 radical (unpaired) electrons. The molecular formula is C17H21N3O3S2. The van der Waals surface area contributed by atoms with Crippen molar-refractivity contribution in [2.24, 2.45) is 0 Å². The molecule has 0 atom stereocenters. The van der Waals surface area contributed by atoms with Crippen LogP contribution in [0.4, 0.5) is 5.13 Å². The molecule has 1 N–H and O–H groups in total. The van der Waals surface area contributed by atoms with Crippen LogP contribution >= 0.6 is 11.3 Å². The summed E-state index contributed by atoms with van der Waals surface area (Å²) >= 11 is 1.38. The molecule has 3 rings (SSSR count). The molecular weight excluding hydrogens is 358 g/mol. The van der Waals surface area contributed by atoms with E-state index in [1.165, 1.54) is 39.9 Å². The number of amides is 1. The van der Waals surface area contributed by atoms with Gasteiger partial charge in [-0.1, -0.05) is 13.8 Å². The summed E-state index contributed by atoms with van der Waals surface area (Å²) in [5.74, 6) is 0.00626. The fourth-order valence-electron chi connectivity index (χ4n) is 2.63. The van der Waals surface area contributed by atoms with Crippen LogP contribution in [0.15, 0.2) is 34.5 Å².